The molecule has 1 amide bonds. The fourth-order valence-electron chi connectivity index (χ4n) is 6.79. The van der Waals surface area contributed by atoms with Gasteiger partial charge in [0.2, 0.25) is 11.9 Å². The smallest absolute Gasteiger partial charge is 0.260 e. The molecule has 1 saturated carbocycles. The Balaban J connectivity index is 1.37. The number of likely N-dealkylation sites (N-methyl/N-ethyl adjacent to an activating group) is 1. The molecule has 1 aliphatic heterocycles. The van der Waals surface area contributed by atoms with Crippen molar-refractivity contribution in [1.29, 1.82) is 0 Å². The number of rotatable bonds is 7. The van der Waals surface area contributed by atoms with Gasteiger partial charge in [-0.2, -0.15) is 4.98 Å². The Labute approximate surface area is 269 Å². The molecule has 3 heterocycles. The number of anilines is 3. The van der Waals surface area contributed by atoms with Crippen molar-refractivity contribution in [1.82, 2.24) is 24.8 Å². The third-order valence-electron chi connectivity index (χ3n) is 9.40. The highest BCUT2D eigenvalue weighted by molar-refractivity contribution is 6.33. The van der Waals surface area contributed by atoms with Gasteiger partial charge in [0.05, 0.1) is 5.56 Å². The van der Waals surface area contributed by atoms with Gasteiger partial charge in [-0.15, -0.1) is 0 Å². The lowest BCUT2D eigenvalue weighted by Gasteiger charge is -2.35. The van der Waals surface area contributed by atoms with E-state index < -0.39 is 0 Å². The van der Waals surface area contributed by atoms with Crippen LogP contribution in [-0.4, -0.2) is 64.6 Å². The van der Waals surface area contributed by atoms with Gasteiger partial charge in [0, 0.05) is 78.2 Å². The Kier molecular flexibility index (Phi) is 9.10. The van der Waals surface area contributed by atoms with Crippen LogP contribution in [-0.2, 0) is 4.79 Å². The van der Waals surface area contributed by atoms with Gasteiger partial charge in [0.15, 0.2) is 0 Å². The van der Waals surface area contributed by atoms with Crippen LogP contribution in [0.4, 0.5) is 17.3 Å². The molecule has 0 atom stereocenters. The van der Waals surface area contributed by atoms with Crippen molar-refractivity contribution in [2.45, 2.75) is 65.0 Å². The summed E-state index contributed by atoms with van der Waals surface area (Å²) in [5.41, 5.74) is 5.93. The minimum absolute atomic E-state index is 0.0627. The molecule has 2 aromatic carbocycles. The monoisotopic (exact) mass is 627 g/mol. The van der Waals surface area contributed by atoms with E-state index in [1.165, 1.54) is 11.3 Å². The fraction of sp³-hybridized carbons (Fsp3) is 0.429. The average molecular weight is 628 g/mol. The van der Waals surface area contributed by atoms with Crippen molar-refractivity contribution in [2.75, 3.05) is 43.4 Å². The molecule has 1 aliphatic carbocycles. The summed E-state index contributed by atoms with van der Waals surface area (Å²) < 4.78 is 1.85. The Hall–Kier alpha value is -3.95. The number of pyridine rings is 1. The number of aromatic nitrogens is 3. The molecule has 6 rings (SSSR count). The zero-order valence-electron chi connectivity index (χ0n) is 26.6. The minimum Gasteiger partial charge on any atom is -0.369 e. The van der Waals surface area contributed by atoms with Gasteiger partial charge in [-0.1, -0.05) is 36.7 Å². The molecular formula is C35H42ClN7O2. The van der Waals surface area contributed by atoms with Crippen LogP contribution >= 0.6 is 11.6 Å². The number of benzene rings is 2. The van der Waals surface area contributed by atoms with Crippen LogP contribution in [0.15, 0.2) is 53.5 Å². The average Bonchev–Trinajstić information content (AvgIpc) is 3.03. The number of hydrogen-bond donors (Lipinski definition) is 2. The molecule has 4 aromatic rings. The van der Waals surface area contributed by atoms with E-state index in [-0.39, 0.29) is 23.6 Å². The number of nitrogens with zero attached hydrogens (tertiary/aromatic N) is 5. The number of halogens is 1. The molecule has 2 aromatic heterocycles. The van der Waals surface area contributed by atoms with Gasteiger partial charge in [0.1, 0.15) is 5.65 Å². The van der Waals surface area contributed by atoms with Crippen molar-refractivity contribution in [3.63, 3.8) is 0 Å². The first kappa shape index (κ1) is 31.0. The zero-order valence-corrected chi connectivity index (χ0v) is 27.3. The number of piperazine rings is 1. The van der Waals surface area contributed by atoms with Gasteiger partial charge in [-0.05, 0) is 82.0 Å². The van der Waals surface area contributed by atoms with E-state index in [9.17, 15) is 9.59 Å². The molecule has 236 valence electrons. The van der Waals surface area contributed by atoms with Gasteiger partial charge in [-0.3, -0.25) is 14.2 Å². The maximum Gasteiger partial charge on any atom is 0.260 e. The molecule has 0 spiro atoms. The van der Waals surface area contributed by atoms with E-state index in [1.54, 1.807) is 0 Å². The first-order valence-electron chi connectivity index (χ1n) is 16.0. The lowest BCUT2D eigenvalue weighted by molar-refractivity contribution is -0.121. The summed E-state index contributed by atoms with van der Waals surface area (Å²) in [6.07, 6.45) is 5.40. The SMILES string of the molecule is CCC(=O)N[C@H]1CC[C@@H](n2c(=O)c(-c3ccccc3Cl)c(C)c3cnc(Nc4ccc(N5CCN(C)CC5)c(C)c4)nc32)CC1. The van der Waals surface area contributed by atoms with E-state index in [2.05, 4.69) is 52.6 Å². The highest BCUT2D eigenvalue weighted by atomic mass is 35.5. The quantitative estimate of drug-likeness (QED) is 0.251. The standard InChI is InChI=1S/C35H42ClN7O2/c1-5-31(44)38-24-10-13-26(14-11-24)43-33-28(23(3)32(34(43)45)27-8-6-7-9-29(27)36)21-37-35(40-33)39-25-12-15-30(22(2)20-25)42-18-16-41(4)17-19-42/h6-9,12,15,20-21,24,26H,5,10-11,13-14,16-19H2,1-4H3,(H,38,44)(H,37,39,40)/t24-,26+. The highest BCUT2D eigenvalue weighted by Crippen LogP contribution is 2.35. The van der Waals surface area contributed by atoms with Gasteiger partial charge in [-0.25, -0.2) is 4.98 Å². The number of fused-ring (bicyclic) bond motifs is 1. The molecule has 9 nitrogen and oxygen atoms in total. The Morgan fingerprint density at radius 1 is 1.02 bits per heavy atom. The van der Waals surface area contributed by atoms with Crippen LogP contribution in [0, 0.1) is 13.8 Å². The zero-order chi connectivity index (χ0) is 31.7. The molecule has 1 saturated heterocycles. The second-order valence-electron chi connectivity index (χ2n) is 12.4. The summed E-state index contributed by atoms with van der Waals surface area (Å²) in [5.74, 6) is 0.504. The highest BCUT2D eigenvalue weighted by Gasteiger charge is 2.28. The normalized spacial score (nSPS) is 19.1. The largest absolute Gasteiger partial charge is 0.369 e. The van der Waals surface area contributed by atoms with Crippen molar-refractivity contribution < 1.29 is 4.79 Å². The van der Waals surface area contributed by atoms with Crippen molar-refractivity contribution in [2.24, 2.45) is 0 Å². The molecule has 0 bridgehead atoms. The van der Waals surface area contributed by atoms with Crippen molar-refractivity contribution in [3.8, 4) is 11.1 Å². The number of aryl methyl sites for hydroxylation is 2. The number of hydrogen-bond acceptors (Lipinski definition) is 7. The van der Waals surface area contributed by atoms with Crippen LogP contribution in [0.2, 0.25) is 5.02 Å². The lowest BCUT2D eigenvalue weighted by Crippen LogP contribution is -2.44. The summed E-state index contributed by atoms with van der Waals surface area (Å²) in [5, 5.41) is 7.88. The van der Waals surface area contributed by atoms with Gasteiger partial charge < -0.3 is 20.4 Å². The second-order valence-corrected chi connectivity index (χ2v) is 12.8. The van der Waals surface area contributed by atoms with E-state index in [1.807, 2.05) is 48.9 Å². The van der Waals surface area contributed by atoms with E-state index >= 15 is 0 Å². The first-order chi connectivity index (χ1) is 21.7. The van der Waals surface area contributed by atoms with Crippen LogP contribution in [0.25, 0.3) is 22.2 Å². The molecule has 0 radical (unpaired) electrons. The molecule has 45 heavy (non-hydrogen) atoms. The Morgan fingerprint density at radius 2 is 1.76 bits per heavy atom. The third kappa shape index (κ3) is 6.42. The first-order valence-corrected chi connectivity index (χ1v) is 16.4. The molecule has 2 aliphatic rings. The number of amides is 1. The summed E-state index contributed by atoms with van der Waals surface area (Å²) in [6, 6.07) is 13.9. The predicted octanol–water partition coefficient (Wildman–Crippen LogP) is 6.23. The number of carbonyl (C=O) groups is 1. The summed E-state index contributed by atoms with van der Waals surface area (Å²) >= 11 is 6.63. The molecular weight excluding hydrogens is 586 g/mol. The summed E-state index contributed by atoms with van der Waals surface area (Å²) in [4.78, 5) is 40.9. The van der Waals surface area contributed by atoms with Crippen molar-refractivity contribution >= 4 is 45.9 Å². The lowest BCUT2D eigenvalue weighted by atomic mass is 9.90. The minimum atomic E-state index is -0.105. The molecule has 2 fully saturated rings. The van der Waals surface area contributed by atoms with Crippen LogP contribution in [0.3, 0.4) is 0 Å². The number of carbonyl (C=O) groups excluding carboxylic acids is 1. The van der Waals surface area contributed by atoms with E-state index in [4.69, 9.17) is 21.6 Å². The van der Waals surface area contributed by atoms with Gasteiger partial charge in [0.25, 0.3) is 5.56 Å². The summed E-state index contributed by atoms with van der Waals surface area (Å²) in [6.45, 7) is 10.1. The second kappa shape index (κ2) is 13.2. The Bertz CT molecular complexity index is 1770. The van der Waals surface area contributed by atoms with Crippen LogP contribution in [0.1, 0.15) is 56.2 Å². The molecule has 2 N–H and O–H groups in total. The van der Waals surface area contributed by atoms with Crippen LogP contribution in [0.5, 0.6) is 0 Å². The summed E-state index contributed by atoms with van der Waals surface area (Å²) in [7, 11) is 2.16. The van der Waals surface area contributed by atoms with Crippen molar-refractivity contribution in [3.05, 3.63) is 75.2 Å². The maximum atomic E-state index is 14.4. The maximum absolute atomic E-state index is 14.4. The Morgan fingerprint density at radius 3 is 2.44 bits per heavy atom. The van der Waals surface area contributed by atoms with Crippen LogP contribution < -0.4 is 21.1 Å². The van der Waals surface area contributed by atoms with Gasteiger partial charge >= 0.3 is 0 Å². The molecule has 0 unspecified atom stereocenters. The predicted molar refractivity (Wildman–Crippen MR) is 183 cm³/mol. The van der Waals surface area contributed by atoms with E-state index in [0.29, 0.717) is 34.2 Å². The third-order valence-corrected chi connectivity index (χ3v) is 9.73. The fourth-order valence-corrected chi connectivity index (χ4v) is 7.02. The topological polar surface area (TPSA) is 95.4 Å². The molecule has 10 heteroatoms. The number of nitrogens with one attached hydrogen (secondary N) is 2. The van der Waals surface area contributed by atoms with E-state index in [0.717, 1.165) is 68.5 Å².